The molecule has 1 atom stereocenters. The van der Waals surface area contributed by atoms with Crippen LogP contribution in [0.25, 0.3) is 0 Å². The molecule has 4 bridgehead atoms. The molecule has 7 heteroatoms. The van der Waals surface area contributed by atoms with Gasteiger partial charge in [-0.1, -0.05) is 48.5 Å². The summed E-state index contributed by atoms with van der Waals surface area (Å²) in [5.41, 5.74) is 8.26. The van der Waals surface area contributed by atoms with E-state index in [2.05, 4.69) is 16.0 Å². The van der Waals surface area contributed by atoms with Gasteiger partial charge >= 0.3 is 6.03 Å². The summed E-state index contributed by atoms with van der Waals surface area (Å²) in [5, 5.41) is 17.0. The Morgan fingerprint density at radius 3 is 2.25 bits per heavy atom. The minimum Gasteiger partial charge on any atom is -0.384 e. The molecule has 4 aliphatic rings. The van der Waals surface area contributed by atoms with Crippen LogP contribution in [0.4, 0.5) is 4.79 Å². The number of nitrogen functional groups attached to an aromatic ring is 1. The van der Waals surface area contributed by atoms with E-state index in [1.165, 1.54) is 32.1 Å². The van der Waals surface area contributed by atoms with Gasteiger partial charge in [0.1, 0.15) is 11.9 Å². The number of nitrogens with two attached hydrogens (primary N) is 1. The van der Waals surface area contributed by atoms with E-state index in [1.807, 2.05) is 48.5 Å². The highest BCUT2D eigenvalue weighted by Gasteiger charge is 2.48. The fraction of sp³-hybridized carbons (Fsp3) is 0.483. The first kappa shape index (κ1) is 24.3. The van der Waals surface area contributed by atoms with Crippen molar-refractivity contribution in [1.82, 2.24) is 16.0 Å². The topological polar surface area (TPSA) is 120 Å². The van der Waals surface area contributed by atoms with E-state index in [0.717, 1.165) is 29.4 Å². The molecule has 4 saturated carbocycles. The minimum absolute atomic E-state index is 0.0201. The molecule has 6 rings (SSSR count). The van der Waals surface area contributed by atoms with Crippen LogP contribution in [-0.2, 0) is 17.6 Å². The van der Waals surface area contributed by atoms with Crippen LogP contribution in [-0.4, -0.2) is 36.4 Å². The van der Waals surface area contributed by atoms with Crippen LogP contribution in [0.5, 0.6) is 0 Å². The van der Waals surface area contributed by atoms with Crippen molar-refractivity contribution in [1.29, 1.82) is 5.41 Å². The average Bonchev–Trinajstić information content (AvgIpc) is 2.86. The van der Waals surface area contributed by atoms with E-state index in [0.29, 0.717) is 30.4 Å². The lowest BCUT2D eigenvalue weighted by Gasteiger charge is -2.54. The highest BCUT2D eigenvalue weighted by Crippen LogP contribution is 2.53. The number of carbonyl (C=O) groups is 2. The van der Waals surface area contributed by atoms with Gasteiger partial charge in [-0.25, -0.2) is 4.79 Å². The lowest BCUT2D eigenvalue weighted by Crippen LogP contribution is -2.59. The third-order valence-corrected chi connectivity index (χ3v) is 8.38. The molecule has 0 spiro atoms. The van der Waals surface area contributed by atoms with E-state index < -0.39 is 6.04 Å². The van der Waals surface area contributed by atoms with Crippen molar-refractivity contribution in [3.05, 3.63) is 71.3 Å². The first-order chi connectivity index (χ1) is 17.4. The summed E-state index contributed by atoms with van der Waals surface area (Å²) in [4.78, 5) is 26.4. The molecule has 0 aliphatic heterocycles. The van der Waals surface area contributed by atoms with Gasteiger partial charge in [-0.2, -0.15) is 0 Å². The number of urea groups is 1. The lowest BCUT2D eigenvalue weighted by molar-refractivity contribution is -0.122. The fourth-order valence-corrected chi connectivity index (χ4v) is 6.92. The maximum absolute atomic E-state index is 13.2. The van der Waals surface area contributed by atoms with E-state index in [-0.39, 0.29) is 23.8 Å². The zero-order valence-corrected chi connectivity index (χ0v) is 20.7. The van der Waals surface area contributed by atoms with Crippen LogP contribution < -0.4 is 21.7 Å². The Labute approximate surface area is 213 Å². The van der Waals surface area contributed by atoms with Crippen molar-refractivity contribution in [2.45, 2.75) is 57.0 Å². The molecule has 0 heterocycles. The fourth-order valence-electron chi connectivity index (χ4n) is 6.92. The van der Waals surface area contributed by atoms with Crippen LogP contribution >= 0.6 is 0 Å². The summed E-state index contributed by atoms with van der Waals surface area (Å²) in [7, 11) is 0. The molecular weight excluding hydrogens is 450 g/mol. The van der Waals surface area contributed by atoms with E-state index in [9.17, 15) is 9.59 Å². The molecule has 7 nitrogen and oxygen atoms in total. The number of benzene rings is 2. The second-order valence-electron chi connectivity index (χ2n) is 11.0. The first-order valence-corrected chi connectivity index (χ1v) is 13.3. The molecule has 0 unspecified atom stereocenters. The number of rotatable bonds is 9. The number of nitrogens with one attached hydrogen (secondary N) is 4. The van der Waals surface area contributed by atoms with Crippen molar-refractivity contribution in [2.24, 2.45) is 29.4 Å². The molecule has 6 N–H and O–H groups in total. The van der Waals surface area contributed by atoms with Gasteiger partial charge in [-0.15, -0.1) is 0 Å². The van der Waals surface area contributed by atoms with E-state index in [4.69, 9.17) is 11.1 Å². The van der Waals surface area contributed by atoms with Gasteiger partial charge in [0.05, 0.1) is 0 Å². The standard InChI is InChI=1S/C29H37N5O2/c30-27(31)22-8-4-7-19(12-22)17-25(28(35)32-10-9-18-5-2-1-3-6-18)33-29(36)34-26-23-13-20-11-21(15-23)16-24(26)14-20/h1-8,12,20-21,23-26H,9-11,13-17H2,(H3,30,31)(H,32,35)(H2,33,34,36)/t20?,21?,23?,24?,25-,26?/m1/s1. The Hall–Kier alpha value is -3.35. The molecule has 4 aliphatic carbocycles. The quantitative estimate of drug-likeness (QED) is 0.275. The Bertz CT molecular complexity index is 1070. The van der Waals surface area contributed by atoms with Crippen LogP contribution in [0.3, 0.4) is 0 Å². The zero-order valence-electron chi connectivity index (χ0n) is 20.7. The molecule has 190 valence electrons. The van der Waals surface area contributed by atoms with Crippen LogP contribution in [0.15, 0.2) is 54.6 Å². The number of carbonyl (C=O) groups excluding carboxylic acids is 2. The number of amidine groups is 1. The molecule has 4 fully saturated rings. The van der Waals surface area contributed by atoms with Gasteiger partial charge in [0, 0.05) is 24.6 Å². The summed E-state index contributed by atoms with van der Waals surface area (Å²) >= 11 is 0. The SMILES string of the molecule is N=C(N)c1cccc(C[C@@H](NC(=O)NC2C3CC4CC(C3)CC2C4)C(=O)NCCc2ccccc2)c1. The Balaban J connectivity index is 1.23. The Morgan fingerprint density at radius 2 is 1.58 bits per heavy atom. The highest BCUT2D eigenvalue weighted by atomic mass is 16.2. The maximum Gasteiger partial charge on any atom is 0.315 e. The van der Waals surface area contributed by atoms with Gasteiger partial charge in [0.25, 0.3) is 0 Å². The minimum atomic E-state index is -0.722. The largest absolute Gasteiger partial charge is 0.384 e. The normalized spacial score (nSPS) is 26.7. The molecule has 0 aromatic heterocycles. The molecule has 0 radical (unpaired) electrons. The van der Waals surface area contributed by atoms with Crippen LogP contribution in [0.1, 0.15) is 48.8 Å². The zero-order chi connectivity index (χ0) is 25.1. The Morgan fingerprint density at radius 1 is 0.917 bits per heavy atom. The van der Waals surface area contributed by atoms with Crippen LogP contribution in [0.2, 0.25) is 0 Å². The molecule has 2 aromatic carbocycles. The molecule has 2 aromatic rings. The number of amides is 3. The predicted octanol–water partition coefficient (Wildman–Crippen LogP) is 3.36. The van der Waals surface area contributed by atoms with Gasteiger partial charge < -0.3 is 21.7 Å². The van der Waals surface area contributed by atoms with Crippen molar-refractivity contribution < 1.29 is 9.59 Å². The van der Waals surface area contributed by atoms with E-state index >= 15 is 0 Å². The molecule has 36 heavy (non-hydrogen) atoms. The summed E-state index contributed by atoms with van der Waals surface area (Å²) in [6, 6.07) is 16.5. The summed E-state index contributed by atoms with van der Waals surface area (Å²) < 4.78 is 0. The number of hydrogen-bond donors (Lipinski definition) is 5. The average molecular weight is 488 g/mol. The maximum atomic E-state index is 13.2. The molecule has 3 amide bonds. The van der Waals surface area contributed by atoms with Crippen molar-refractivity contribution in [2.75, 3.05) is 6.54 Å². The highest BCUT2D eigenvalue weighted by molar-refractivity contribution is 5.95. The van der Waals surface area contributed by atoms with Gasteiger partial charge in [-0.05, 0) is 79.4 Å². The van der Waals surface area contributed by atoms with Gasteiger partial charge in [0.15, 0.2) is 0 Å². The van der Waals surface area contributed by atoms with Crippen molar-refractivity contribution >= 4 is 17.8 Å². The second kappa shape index (κ2) is 10.7. The first-order valence-electron chi connectivity index (χ1n) is 13.3. The monoisotopic (exact) mass is 487 g/mol. The third-order valence-electron chi connectivity index (χ3n) is 8.38. The Kier molecular flexibility index (Phi) is 7.25. The van der Waals surface area contributed by atoms with Gasteiger partial charge in [-0.3, -0.25) is 10.2 Å². The summed E-state index contributed by atoms with van der Waals surface area (Å²) in [6.45, 7) is 0.492. The molecule has 0 saturated heterocycles. The second-order valence-corrected chi connectivity index (χ2v) is 11.0. The predicted molar refractivity (Wildman–Crippen MR) is 141 cm³/mol. The molecular formula is C29H37N5O2. The smallest absolute Gasteiger partial charge is 0.315 e. The van der Waals surface area contributed by atoms with Crippen molar-refractivity contribution in [3.8, 4) is 0 Å². The lowest BCUT2D eigenvalue weighted by atomic mass is 9.54. The third kappa shape index (κ3) is 5.72. The van der Waals surface area contributed by atoms with E-state index in [1.54, 1.807) is 6.07 Å². The summed E-state index contributed by atoms with van der Waals surface area (Å²) in [6.07, 6.45) is 7.31. The van der Waals surface area contributed by atoms with Gasteiger partial charge in [0.2, 0.25) is 5.91 Å². The number of hydrogen-bond acceptors (Lipinski definition) is 3. The summed E-state index contributed by atoms with van der Waals surface area (Å²) in [5.74, 6) is 2.58. The van der Waals surface area contributed by atoms with Crippen molar-refractivity contribution in [3.63, 3.8) is 0 Å². The van der Waals surface area contributed by atoms with Crippen LogP contribution in [0, 0.1) is 29.1 Å².